The van der Waals surface area contributed by atoms with E-state index >= 15 is 0 Å². The van der Waals surface area contributed by atoms with Crippen LogP contribution in [0.1, 0.15) is 87.5 Å². The van der Waals surface area contributed by atoms with Gasteiger partial charge in [-0.1, -0.05) is 0 Å². The first-order valence-corrected chi connectivity index (χ1v) is 9.65. The summed E-state index contributed by atoms with van der Waals surface area (Å²) in [5.74, 6) is 1.74. The van der Waals surface area contributed by atoms with Crippen LogP contribution in [-0.4, -0.2) is 46.1 Å². The van der Waals surface area contributed by atoms with Gasteiger partial charge in [-0.25, -0.2) is 0 Å². The molecule has 136 valence electrons. The molecule has 0 saturated carbocycles. The van der Waals surface area contributed by atoms with Crippen molar-refractivity contribution in [3.63, 3.8) is 0 Å². The molecule has 0 N–H and O–H groups in total. The van der Waals surface area contributed by atoms with Crippen LogP contribution >= 0.6 is 0 Å². The molecule has 2 heteroatoms. The van der Waals surface area contributed by atoms with Crippen LogP contribution in [0.5, 0.6) is 0 Å². The molecule has 2 saturated heterocycles. The van der Waals surface area contributed by atoms with Crippen LogP contribution in [0.3, 0.4) is 0 Å². The van der Waals surface area contributed by atoms with E-state index in [1.165, 1.54) is 32.1 Å². The van der Waals surface area contributed by atoms with E-state index in [0.29, 0.717) is 22.2 Å². The summed E-state index contributed by atoms with van der Waals surface area (Å²) in [6.45, 7) is 19.5. The Morgan fingerprint density at radius 3 is 1.00 bits per heavy atom. The predicted octanol–water partition coefficient (Wildman–Crippen LogP) is 5.17. The fourth-order valence-electron chi connectivity index (χ4n) is 5.96. The van der Waals surface area contributed by atoms with Crippen LogP contribution in [0.15, 0.2) is 0 Å². The molecule has 2 aliphatic rings. The van der Waals surface area contributed by atoms with Crippen LogP contribution in [0, 0.1) is 11.8 Å². The Bertz CT molecular complexity index is 357. The lowest BCUT2D eigenvalue weighted by Crippen LogP contribution is -2.60. The maximum atomic E-state index is 2.61. The third-order valence-corrected chi connectivity index (χ3v) is 7.45. The predicted molar refractivity (Wildman–Crippen MR) is 102 cm³/mol. The van der Waals surface area contributed by atoms with Crippen molar-refractivity contribution in [3.05, 3.63) is 0 Å². The number of rotatable bonds is 2. The Labute approximate surface area is 146 Å². The SMILES string of the molecule is CN1C(C)(C)CC(CC2CC(C)(C)N(C)C(C)(C)C2)CC1(C)C. The molecule has 0 aromatic heterocycles. The van der Waals surface area contributed by atoms with Crippen molar-refractivity contribution in [1.29, 1.82) is 0 Å². The highest BCUT2D eigenvalue weighted by atomic mass is 15.2. The van der Waals surface area contributed by atoms with Crippen molar-refractivity contribution in [2.75, 3.05) is 14.1 Å². The Kier molecular flexibility index (Phi) is 4.79. The monoisotopic (exact) mass is 322 g/mol. The summed E-state index contributed by atoms with van der Waals surface area (Å²) < 4.78 is 0. The van der Waals surface area contributed by atoms with Crippen molar-refractivity contribution in [2.24, 2.45) is 11.8 Å². The van der Waals surface area contributed by atoms with Gasteiger partial charge >= 0.3 is 0 Å². The Balaban J connectivity index is 2.10. The molecule has 0 aromatic carbocycles. The summed E-state index contributed by atoms with van der Waals surface area (Å²) in [6.07, 6.45) is 6.81. The summed E-state index contributed by atoms with van der Waals surface area (Å²) in [6, 6.07) is 0. The highest BCUT2D eigenvalue weighted by Gasteiger charge is 2.46. The lowest BCUT2D eigenvalue weighted by Gasteiger charge is -2.56. The van der Waals surface area contributed by atoms with Crippen molar-refractivity contribution >= 4 is 0 Å². The third kappa shape index (κ3) is 3.79. The molecule has 2 fully saturated rings. The summed E-state index contributed by atoms with van der Waals surface area (Å²) in [5.41, 5.74) is 1.29. The third-order valence-electron chi connectivity index (χ3n) is 7.45. The van der Waals surface area contributed by atoms with E-state index in [1.54, 1.807) is 0 Å². The second-order valence-corrected chi connectivity index (χ2v) is 11.2. The molecule has 0 bridgehead atoms. The van der Waals surface area contributed by atoms with E-state index in [4.69, 9.17) is 0 Å². The zero-order valence-corrected chi connectivity index (χ0v) is 17.6. The second kappa shape index (κ2) is 5.73. The maximum absolute atomic E-state index is 2.61. The van der Waals surface area contributed by atoms with Crippen molar-refractivity contribution in [3.8, 4) is 0 Å². The van der Waals surface area contributed by atoms with Gasteiger partial charge in [-0.3, -0.25) is 9.80 Å². The van der Waals surface area contributed by atoms with Gasteiger partial charge in [-0.15, -0.1) is 0 Å². The first-order chi connectivity index (χ1) is 10.2. The molecule has 23 heavy (non-hydrogen) atoms. The summed E-state index contributed by atoms with van der Waals surface area (Å²) in [7, 11) is 4.63. The van der Waals surface area contributed by atoms with Gasteiger partial charge in [-0.2, -0.15) is 0 Å². The van der Waals surface area contributed by atoms with Gasteiger partial charge in [0.2, 0.25) is 0 Å². The van der Waals surface area contributed by atoms with Gasteiger partial charge in [0, 0.05) is 22.2 Å². The number of hydrogen-bond donors (Lipinski definition) is 0. The van der Waals surface area contributed by atoms with E-state index < -0.39 is 0 Å². The van der Waals surface area contributed by atoms with E-state index in [1.807, 2.05) is 0 Å². The fraction of sp³-hybridized carbons (Fsp3) is 1.00. The van der Waals surface area contributed by atoms with Gasteiger partial charge < -0.3 is 0 Å². The van der Waals surface area contributed by atoms with Gasteiger partial charge in [0.25, 0.3) is 0 Å². The molecule has 2 nitrogen and oxygen atoms in total. The van der Waals surface area contributed by atoms with Crippen molar-refractivity contribution < 1.29 is 0 Å². The molecule has 2 aliphatic heterocycles. The van der Waals surface area contributed by atoms with E-state index in [0.717, 1.165) is 11.8 Å². The maximum Gasteiger partial charge on any atom is 0.0158 e. The summed E-state index contributed by atoms with van der Waals surface area (Å²) >= 11 is 0. The van der Waals surface area contributed by atoms with Crippen molar-refractivity contribution in [2.45, 2.75) is 110 Å². The average Bonchev–Trinajstić information content (AvgIpc) is 2.31. The van der Waals surface area contributed by atoms with E-state index in [-0.39, 0.29) is 0 Å². The zero-order valence-electron chi connectivity index (χ0n) is 17.6. The largest absolute Gasteiger partial charge is 0.296 e. The molecule has 0 aromatic rings. The highest BCUT2D eigenvalue weighted by Crippen LogP contribution is 2.47. The van der Waals surface area contributed by atoms with Gasteiger partial charge in [0.15, 0.2) is 0 Å². The smallest absolute Gasteiger partial charge is 0.0158 e. The van der Waals surface area contributed by atoms with Gasteiger partial charge in [0.05, 0.1) is 0 Å². The Morgan fingerprint density at radius 2 is 0.783 bits per heavy atom. The van der Waals surface area contributed by atoms with Crippen LogP contribution in [-0.2, 0) is 0 Å². The number of piperidine rings is 2. The number of nitrogens with zero attached hydrogens (tertiary/aromatic N) is 2. The minimum atomic E-state index is 0.322. The lowest BCUT2D eigenvalue weighted by molar-refractivity contribution is -0.0586. The Morgan fingerprint density at radius 1 is 0.565 bits per heavy atom. The molecular formula is C21H42N2. The van der Waals surface area contributed by atoms with Crippen LogP contribution < -0.4 is 0 Å². The summed E-state index contributed by atoms with van der Waals surface area (Å²) in [4.78, 5) is 5.22. The topological polar surface area (TPSA) is 6.48 Å². The molecule has 0 unspecified atom stereocenters. The first-order valence-electron chi connectivity index (χ1n) is 9.65. The second-order valence-electron chi connectivity index (χ2n) is 11.2. The fourth-order valence-corrected chi connectivity index (χ4v) is 5.96. The minimum Gasteiger partial charge on any atom is -0.296 e. The van der Waals surface area contributed by atoms with Gasteiger partial charge in [0.1, 0.15) is 0 Å². The van der Waals surface area contributed by atoms with E-state index in [2.05, 4.69) is 79.3 Å². The van der Waals surface area contributed by atoms with Crippen LogP contribution in [0.4, 0.5) is 0 Å². The molecule has 0 spiro atoms. The zero-order chi connectivity index (χ0) is 17.8. The van der Waals surface area contributed by atoms with Gasteiger partial charge in [-0.05, 0) is 113 Å². The quantitative estimate of drug-likeness (QED) is 0.691. The molecular weight excluding hydrogens is 280 g/mol. The summed E-state index contributed by atoms with van der Waals surface area (Å²) in [5, 5.41) is 0. The minimum absolute atomic E-state index is 0.322. The number of likely N-dealkylation sites (tertiary alicyclic amines) is 2. The first kappa shape index (κ1) is 19.2. The normalized spacial score (nSPS) is 32.1. The number of hydrogen-bond acceptors (Lipinski definition) is 2. The van der Waals surface area contributed by atoms with Crippen LogP contribution in [0.2, 0.25) is 0 Å². The molecule has 0 atom stereocenters. The van der Waals surface area contributed by atoms with Crippen LogP contribution in [0.25, 0.3) is 0 Å². The molecule has 2 heterocycles. The lowest BCUT2D eigenvalue weighted by atomic mass is 9.66. The van der Waals surface area contributed by atoms with Crippen molar-refractivity contribution in [1.82, 2.24) is 9.80 Å². The average molecular weight is 323 g/mol. The molecule has 0 aliphatic carbocycles. The molecule has 0 radical (unpaired) electrons. The molecule has 2 rings (SSSR count). The highest BCUT2D eigenvalue weighted by molar-refractivity contribution is 5.02. The van der Waals surface area contributed by atoms with E-state index in [9.17, 15) is 0 Å². The molecule has 0 amide bonds. The standard InChI is InChI=1S/C21H42N2/c1-18(2)12-16(13-19(3,4)22(18)9)11-17-14-20(5,6)23(10)21(7,8)15-17/h16-17H,11-15H2,1-10H3. The Hall–Kier alpha value is -0.0800.